The summed E-state index contributed by atoms with van der Waals surface area (Å²) in [5.74, 6) is 0.496. The maximum atomic E-state index is 12.6. The first-order valence-corrected chi connectivity index (χ1v) is 8.16. The van der Waals surface area contributed by atoms with Crippen LogP contribution in [0.15, 0.2) is 28.8 Å². The zero-order chi connectivity index (χ0) is 17.1. The summed E-state index contributed by atoms with van der Waals surface area (Å²) in [5.41, 5.74) is 3.48. The second-order valence-corrected chi connectivity index (χ2v) is 6.13. The lowest BCUT2D eigenvalue weighted by atomic mass is 10.1. The standard InChI is InChI=1S/C18H23N3O3/c1-13-17(14(2)24-19-13)18(22)20(3)12-15-4-6-16(7-5-15)21-8-10-23-11-9-21/h4-7H,8-12H2,1-3H3. The average molecular weight is 329 g/mol. The largest absolute Gasteiger partial charge is 0.378 e. The molecule has 0 atom stereocenters. The molecule has 0 N–H and O–H groups in total. The van der Waals surface area contributed by atoms with E-state index in [2.05, 4.69) is 34.3 Å². The lowest BCUT2D eigenvalue weighted by Crippen LogP contribution is -2.36. The maximum absolute atomic E-state index is 12.6. The van der Waals surface area contributed by atoms with Crippen LogP contribution in [0.2, 0.25) is 0 Å². The Kier molecular flexibility index (Phi) is 4.85. The molecule has 24 heavy (non-hydrogen) atoms. The van der Waals surface area contributed by atoms with Gasteiger partial charge in [0.25, 0.3) is 5.91 Å². The van der Waals surface area contributed by atoms with Crippen LogP contribution >= 0.6 is 0 Å². The number of aromatic nitrogens is 1. The molecule has 0 saturated carbocycles. The normalized spacial score (nSPS) is 14.7. The monoisotopic (exact) mass is 329 g/mol. The van der Waals surface area contributed by atoms with Crippen molar-refractivity contribution < 1.29 is 14.1 Å². The molecule has 0 bridgehead atoms. The second-order valence-electron chi connectivity index (χ2n) is 6.13. The summed E-state index contributed by atoms with van der Waals surface area (Å²) in [6.45, 7) is 7.49. The molecular weight excluding hydrogens is 306 g/mol. The van der Waals surface area contributed by atoms with Gasteiger partial charge in [-0.1, -0.05) is 17.3 Å². The highest BCUT2D eigenvalue weighted by molar-refractivity contribution is 5.95. The third-order valence-corrected chi connectivity index (χ3v) is 4.33. The van der Waals surface area contributed by atoms with Gasteiger partial charge in [0, 0.05) is 32.4 Å². The Morgan fingerprint density at radius 1 is 1.21 bits per heavy atom. The molecule has 0 radical (unpaired) electrons. The number of nitrogens with zero attached hydrogens (tertiary/aromatic N) is 3. The van der Waals surface area contributed by atoms with Crippen molar-refractivity contribution >= 4 is 11.6 Å². The van der Waals surface area contributed by atoms with E-state index < -0.39 is 0 Å². The van der Waals surface area contributed by atoms with Gasteiger partial charge in [-0.3, -0.25) is 4.79 Å². The molecule has 1 saturated heterocycles. The number of amides is 1. The average Bonchev–Trinajstić information content (AvgIpc) is 2.94. The lowest BCUT2D eigenvalue weighted by Gasteiger charge is -2.29. The van der Waals surface area contributed by atoms with E-state index >= 15 is 0 Å². The molecule has 6 heteroatoms. The molecule has 128 valence electrons. The fourth-order valence-electron chi connectivity index (χ4n) is 2.96. The number of hydrogen-bond donors (Lipinski definition) is 0. The van der Waals surface area contributed by atoms with Gasteiger partial charge in [-0.15, -0.1) is 0 Å². The molecule has 1 aromatic carbocycles. The Labute approximate surface area is 142 Å². The number of carbonyl (C=O) groups excluding carboxylic acids is 1. The number of rotatable bonds is 4. The number of morpholine rings is 1. The van der Waals surface area contributed by atoms with Crippen molar-refractivity contribution in [3.8, 4) is 0 Å². The van der Waals surface area contributed by atoms with Crippen LogP contribution < -0.4 is 4.90 Å². The summed E-state index contributed by atoms with van der Waals surface area (Å²) < 4.78 is 10.5. The number of carbonyl (C=O) groups is 1. The van der Waals surface area contributed by atoms with Gasteiger partial charge >= 0.3 is 0 Å². The molecule has 1 aliphatic rings. The summed E-state index contributed by atoms with van der Waals surface area (Å²) in [7, 11) is 1.80. The Morgan fingerprint density at radius 2 is 1.88 bits per heavy atom. The minimum atomic E-state index is -0.0662. The van der Waals surface area contributed by atoms with Crippen LogP contribution in [0.5, 0.6) is 0 Å². The van der Waals surface area contributed by atoms with Crippen LogP contribution in [0.4, 0.5) is 5.69 Å². The van der Waals surface area contributed by atoms with Crippen molar-refractivity contribution in [2.24, 2.45) is 0 Å². The molecule has 1 fully saturated rings. The molecule has 2 aromatic rings. The van der Waals surface area contributed by atoms with Crippen LogP contribution in [-0.2, 0) is 11.3 Å². The van der Waals surface area contributed by atoms with Crippen LogP contribution in [-0.4, -0.2) is 49.3 Å². The van der Waals surface area contributed by atoms with Gasteiger partial charge in [0.1, 0.15) is 11.3 Å². The third-order valence-electron chi connectivity index (χ3n) is 4.33. The number of anilines is 1. The van der Waals surface area contributed by atoms with Crippen LogP contribution in [0.25, 0.3) is 0 Å². The van der Waals surface area contributed by atoms with E-state index in [1.165, 1.54) is 5.69 Å². The van der Waals surface area contributed by atoms with Crippen molar-refractivity contribution in [3.05, 3.63) is 46.8 Å². The molecule has 1 aromatic heterocycles. The lowest BCUT2D eigenvalue weighted by molar-refractivity contribution is 0.0782. The summed E-state index contributed by atoms with van der Waals surface area (Å²) >= 11 is 0. The van der Waals surface area contributed by atoms with Gasteiger partial charge in [0.05, 0.1) is 18.9 Å². The third kappa shape index (κ3) is 3.43. The first-order valence-electron chi connectivity index (χ1n) is 8.16. The van der Waals surface area contributed by atoms with E-state index in [4.69, 9.17) is 9.26 Å². The van der Waals surface area contributed by atoms with Gasteiger partial charge in [-0.05, 0) is 31.5 Å². The fraction of sp³-hybridized carbons (Fsp3) is 0.444. The number of aryl methyl sites for hydroxylation is 2. The van der Waals surface area contributed by atoms with Crippen LogP contribution in [0, 0.1) is 13.8 Å². The van der Waals surface area contributed by atoms with Gasteiger partial charge < -0.3 is 19.1 Å². The summed E-state index contributed by atoms with van der Waals surface area (Å²) in [5, 5.41) is 3.85. The number of ether oxygens (including phenoxy) is 1. The highest BCUT2D eigenvalue weighted by atomic mass is 16.5. The van der Waals surface area contributed by atoms with Crippen molar-refractivity contribution in [1.82, 2.24) is 10.1 Å². The summed E-state index contributed by atoms with van der Waals surface area (Å²) in [6, 6.07) is 8.35. The van der Waals surface area contributed by atoms with Crippen LogP contribution in [0.3, 0.4) is 0 Å². The first kappa shape index (κ1) is 16.5. The van der Waals surface area contributed by atoms with Crippen molar-refractivity contribution in [1.29, 1.82) is 0 Å². The zero-order valence-electron chi connectivity index (χ0n) is 14.4. The maximum Gasteiger partial charge on any atom is 0.259 e. The molecule has 2 heterocycles. The Hall–Kier alpha value is -2.34. The van der Waals surface area contributed by atoms with Gasteiger partial charge in [0.2, 0.25) is 0 Å². The highest BCUT2D eigenvalue weighted by Crippen LogP contribution is 2.19. The molecule has 0 spiro atoms. The fourth-order valence-corrected chi connectivity index (χ4v) is 2.96. The molecule has 1 amide bonds. The van der Waals surface area contributed by atoms with Crippen LogP contribution in [0.1, 0.15) is 27.4 Å². The molecule has 3 rings (SSSR count). The second kappa shape index (κ2) is 7.05. The van der Waals surface area contributed by atoms with E-state index in [1.807, 2.05) is 0 Å². The number of benzene rings is 1. The van der Waals surface area contributed by atoms with Crippen molar-refractivity contribution in [2.75, 3.05) is 38.3 Å². The number of hydrogen-bond acceptors (Lipinski definition) is 5. The SMILES string of the molecule is Cc1noc(C)c1C(=O)N(C)Cc1ccc(N2CCOCC2)cc1. The topological polar surface area (TPSA) is 58.8 Å². The Morgan fingerprint density at radius 3 is 2.46 bits per heavy atom. The minimum absolute atomic E-state index is 0.0662. The summed E-state index contributed by atoms with van der Waals surface area (Å²) in [4.78, 5) is 16.6. The quantitative estimate of drug-likeness (QED) is 0.862. The Bertz CT molecular complexity index is 683. The molecule has 1 aliphatic heterocycles. The Balaban J connectivity index is 1.66. The van der Waals surface area contributed by atoms with E-state index in [1.54, 1.807) is 25.8 Å². The molecular formula is C18H23N3O3. The van der Waals surface area contributed by atoms with Gasteiger partial charge in [-0.25, -0.2) is 0 Å². The summed E-state index contributed by atoms with van der Waals surface area (Å²) in [6.07, 6.45) is 0. The first-order chi connectivity index (χ1) is 11.6. The van der Waals surface area contributed by atoms with E-state index in [0.29, 0.717) is 23.6 Å². The van der Waals surface area contributed by atoms with Gasteiger partial charge in [0.15, 0.2) is 0 Å². The smallest absolute Gasteiger partial charge is 0.259 e. The van der Waals surface area contributed by atoms with Crippen molar-refractivity contribution in [2.45, 2.75) is 20.4 Å². The van der Waals surface area contributed by atoms with E-state index in [9.17, 15) is 4.79 Å². The molecule has 0 aliphatic carbocycles. The predicted octanol–water partition coefficient (Wildman–Crippen LogP) is 2.40. The van der Waals surface area contributed by atoms with Crippen molar-refractivity contribution in [3.63, 3.8) is 0 Å². The van der Waals surface area contributed by atoms with E-state index in [-0.39, 0.29) is 5.91 Å². The predicted molar refractivity (Wildman–Crippen MR) is 91.2 cm³/mol. The minimum Gasteiger partial charge on any atom is -0.378 e. The highest BCUT2D eigenvalue weighted by Gasteiger charge is 2.21. The van der Waals surface area contributed by atoms with Gasteiger partial charge in [-0.2, -0.15) is 0 Å². The molecule has 6 nitrogen and oxygen atoms in total. The van der Waals surface area contributed by atoms with E-state index in [0.717, 1.165) is 31.9 Å². The zero-order valence-corrected chi connectivity index (χ0v) is 14.4. The molecule has 0 unspecified atom stereocenters.